The number of hydrogen-bond donors (Lipinski definition) is 1. The summed E-state index contributed by atoms with van der Waals surface area (Å²) in [4.78, 5) is 17.0. The fourth-order valence-electron chi connectivity index (χ4n) is 3.33. The van der Waals surface area contributed by atoms with Crippen molar-refractivity contribution >= 4 is 38.8 Å². The summed E-state index contributed by atoms with van der Waals surface area (Å²) in [5.41, 5.74) is -0.0425. The van der Waals surface area contributed by atoms with Gasteiger partial charge in [-0.15, -0.1) is 14.9 Å². The maximum Gasteiger partial charge on any atom is 0.293 e. The molecule has 0 fully saturated rings. The van der Waals surface area contributed by atoms with Gasteiger partial charge in [0.25, 0.3) is 15.6 Å². The highest BCUT2D eigenvalue weighted by Gasteiger charge is 2.22. The summed E-state index contributed by atoms with van der Waals surface area (Å²) < 4.78 is 45.7. The van der Waals surface area contributed by atoms with Crippen LogP contribution in [0.25, 0.3) is 22.3 Å². The van der Waals surface area contributed by atoms with Gasteiger partial charge in [0.2, 0.25) is 6.19 Å². The van der Waals surface area contributed by atoms with Crippen molar-refractivity contribution in [1.29, 1.82) is 5.26 Å². The van der Waals surface area contributed by atoms with E-state index in [-0.39, 0.29) is 16.9 Å². The number of aromatic nitrogens is 5. The predicted octanol–water partition coefficient (Wildman–Crippen LogP) is 2.09. The van der Waals surface area contributed by atoms with Crippen LogP contribution >= 0.6 is 11.3 Å². The van der Waals surface area contributed by atoms with E-state index < -0.39 is 15.6 Å². The maximum atomic E-state index is 12.8. The van der Waals surface area contributed by atoms with Gasteiger partial charge < -0.3 is 14.2 Å². The first-order chi connectivity index (χ1) is 17.2. The maximum absolute atomic E-state index is 12.8. The molecule has 4 aromatic rings. The minimum atomic E-state index is -4.06. The summed E-state index contributed by atoms with van der Waals surface area (Å²) in [6.07, 6.45) is 5.57. The number of hydrogen-bond acceptors (Lipinski definition) is 11. The standard InChI is InChI=1S/C21H19N7O6S2/c1-12-24-25-20(35-12)18-19-23-9-13(10-27(19)28(11-22)21(18)29)26-36(30,31)6-5-15-16(33-3)7-14(32-2)8-17(15)34-4/h5-10,26H,1-4H3/b6-5+. The third-order valence-corrected chi connectivity index (χ3v) is 6.78. The number of anilines is 1. The molecule has 0 atom stereocenters. The van der Waals surface area contributed by atoms with Gasteiger partial charge >= 0.3 is 0 Å². The summed E-state index contributed by atoms with van der Waals surface area (Å²) in [5, 5.41) is 19.2. The van der Waals surface area contributed by atoms with Crippen LogP contribution in [0.4, 0.5) is 5.69 Å². The van der Waals surface area contributed by atoms with Crippen LogP contribution in [0.1, 0.15) is 10.6 Å². The molecule has 0 saturated heterocycles. The van der Waals surface area contributed by atoms with E-state index in [2.05, 4.69) is 19.9 Å². The Labute approximate surface area is 208 Å². The third kappa shape index (κ3) is 4.59. The van der Waals surface area contributed by atoms with Crippen molar-refractivity contribution in [3.63, 3.8) is 0 Å². The van der Waals surface area contributed by atoms with Crippen LogP contribution in [-0.4, -0.2) is 54.1 Å². The van der Waals surface area contributed by atoms with Crippen LogP contribution in [0.3, 0.4) is 0 Å². The summed E-state index contributed by atoms with van der Waals surface area (Å²) in [6.45, 7) is 1.73. The molecule has 3 heterocycles. The summed E-state index contributed by atoms with van der Waals surface area (Å²) in [6, 6.07) is 3.18. The molecule has 3 aromatic heterocycles. The van der Waals surface area contributed by atoms with Gasteiger partial charge in [-0.25, -0.2) is 17.9 Å². The second-order valence-electron chi connectivity index (χ2n) is 7.12. The zero-order valence-electron chi connectivity index (χ0n) is 19.4. The average Bonchev–Trinajstić information content (AvgIpc) is 3.40. The van der Waals surface area contributed by atoms with E-state index in [1.54, 1.807) is 25.2 Å². The van der Waals surface area contributed by atoms with Crippen molar-refractivity contribution in [2.45, 2.75) is 6.92 Å². The molecule has 0 bridgehead atoms. The van der Waals surface area contributed by atoms with Gasteiger partial charge in [-0.05, 0) is 13.0 Å². The molecule has 0 radical (unpaired) electrons. The first kappa shape index (κ1) is 24.7. The number of nitrogens with one attached hydrogen (secondary N) is 1. The second-order valence-corrected chi connectivity index (χ2v) is 9.87. The second kappa shape index (κ2) is 9.68. The normalized spacial score (nSPS) is 11.5. The molecule has 0 amide bonds. The Morgan fingerprint density at radius 2 is 1.83 bits per heavy atom. The van der Waals surface area contributed by atoms with Gasteiger partial charge in [-0.2, -0.15) is 5.26 Å². The molecular formula is C21H19N7O6S2. The zero-order chi connectivity index (χ0) is 26.0. The van der Waals surface area contributed by atoms with Gasteiger partial charge in [-0.3, -0.25) is 9.52 Å². The number of benzene rings is 1. The smallest absolute Gasteiger partial charge is 0.293 e. The molecule has 0 aliphatic heterocycles. The molecule has 36 heavy (non-hydrogen) atoms. The van der Waals surface area contributed by atoms with Crippen LogP contribution in [0, 0.1) is 18.4 Å². The Morgan fingerprint density at radius 3 is 2.39 bits per heavy atom. The summed E-state index contributed by atoms with van der Waals surface area (Å²) in [5.74, 6) is 1.15. The van der Waals surface area contributed by atoms with E-state index >= 15 is 0 Å². The molecule has 13 nitrogen and oxygen atoms in total. The van der Waals surface area contributed by atoms with Gasteiger partial charge in [0, 0.05) is 12.1 Å². The lowest BCUT2D eigenvalue weighted by atomic mass is 10.1. The highest BCUT2D eigenvalue weighted by atomic mass is 32.2. The lowest BCUT2D eigenvalue weighted by molar-refractivity contribution is 0.374. The van der Waals surface area contributed by atoms with Crippen molar-refractivity contribution in [2.24, 2.45) is 0 Å². The summed E-state index contributed by atoms with van der Waals surface area (Å²) >= 11 is 1.17. The summed E-state index contributed by atoms with van der Waals surface area (Å²) in [7, 11) is 0.294. The fourth-order valence-corrected chi connectivity index (χ4v) is 4.87. The first-order valence-electron chi connectivity index (χ1n) is 10.1. The van der Waals surface area contributed by atoms with E-state index in [1.165, 1.54) is 51.1 Å². The zero-order valence-corrected chi connectivity index (χ0v) is 21.0. The minimum Gasteiger partial charge on any atom is -0.496 e. The molecule has 1 N–H and O–H groups in total. The first-order valence-corrected chi connectivity index (χ1v) is 12.4. The molecule has 1 aromatic carbocycles. The highest BCUT2D eigenvalue weighted by Crippen LogP contribution is 2.35. The SMILES string of the molecule is COc1cc(OC)c(/C=C/S(=O)(=O)Nc2cnc3c(-c4nnc(C)s4)c(=O)n(C#N)n3c2)c(OC)c1. The Morgan fingerprint density at radius 1 is 1.14 bits per heavy atom. The Bertz CT molecular complexity index is 1670. The van der Waals surface area contributed by atoms with E-state index in [4.69, 9.17) is 14.2 Å². The number of ether oxygens (including phenoxy) is 3. The Balaban J connectivity index is 1.70. The number of sulfonamides is 1. The van der Waals surface area contributed by atoms with Crippen LogP contribution in [-0.2, 0) is 10.0 Å². The molecule has 0 unspecified atom stereocenters. The minimum absolute atomic E-state index is 0.0137. The Hall–Kier alpha value is -4.42. The highest BCUT2D eigenvalue weighted by molar-refractivity contribution is 7.95. The average molecular weight is 530 g/mol. The quantitative estimate of drug-likeness (QED) is 0.357. The van der Waals surface area contributed by atoms with Gasteiger partial charge in [0.15, 0.2) is 10.7 Å². The molecule has 186 valence electrons. The van der Waals surface area contributed by atoms with Crippen molar-refractivity contribution in [3.8, 4) is 34.0 Å². The lowest BCUT2D eigenvalue weighted by Crippen LogP contribution is -2.16. The van der Waals surface area contributed by atoms with Crippen molar-refractivity contribution in [3.05, 3.63) is 50.9 Å². The van der Waals surface area contributed by atoms with E-state index in [0.717, 1.165) is 14.6 Å². The lowest BCUT2D eigenvalue weighted by Gasteiger charge is -2.12. The fraction of sp³-hybridized carbons (Fsp3) is 0.190. The predicted molar refractivity (Wildman–Crippen MR) is 132 cm³/mol. The number of fused-ring (bicyclic) bond motifs is 1. The number of aryl methyl sites for hydroxylation is 1. The van der Waals surface area contributed by atoms with Crippen LogP contribution in [0.2, 0.25) is 0 Å². The van der Waals surface area contributed by atoms with E-state index in [1.807, 2.05) is 0 Å². The number of methoxy groups -OCH3 is 3. The van der Waals surface area contributed by atoms with Gasteiger partial charge in [0.1, 0.15) is 27.8 Å². The van der Waals surface area contributed by atoms with E-state index in [9.17, 15) is 18.5 Å². The van der Waals surface area contributed by atoms with Crippen molar-refractivity contribution in [1.82, 2.24) is 24.4 Å². The molecule has 0 aliphatic rings. The van der Waals surface area contributed by atoms with Crippen LogP contribution < -0.4 is 24.5 Å². The number of nitriles is 1. The van der Waals surface area contributed by atoms with Crippen LogP contribution in [0.15, 0.2) is 34.7 Å². The van der Waals surface area contributed by atoms with Crippen LogP contribution in [0.5, 0.6) is 17.2 Å². The molecule has 0 saturated carbocycles. The monoisotopic (exact) mass is 529 g/mol. The van der Waals surface area contributed by atoms with Gasteiger partial charge in [0.05, 0.1) is 50.4 Å². The van der Waals surface area contributed by atoms with Gasteiger partial charge in [-0.1, -0.05) is 11.3 Å². The molecule has 15 heteroatoms. The molecule has 0 aliphatic carbocycles. The van der Waals surface area contributed by atoms with E-state index in [0.29, 0.717) is 32.8 Å². The topological polar surface area (TPSA) is 163 Å². The number of rotatable bonds is 8. The molecule has 4 rings (SSSR count). The Kier molecular flexibility index (Phi) is 6.64. The largest absolute Gasteiger partial charge is 0.496 e. The molecular weight excluding hydrogens is 510 g/mol. The number of nitrogens with zero attached hydrogens (tertiary/aromatic N) is 6. The third-order valence-electron chi connectivity index (χ3n) is 4.91. The molecule has 0 spiro atoms. The van der Waals surface area contributed by atoms with Crippen molar-refractivity contribution in [2.75, 3.05) is 26.1 Å². The van der Waals surface area contributed by atoms with Crippen molar-refractivity contribution < 1.29 is 22.6 Å².